The van der Waals surface area contributed by atoms with Crippen molar-refractivity contribution >= 4 is 46.5 Å². The third-order valence-corrected chi connectivity index (χ3v) is 12.1. The minimum absolute atomic E-state index is 0.0508. The molecule has 2 bridgehead atoms. The Bertz CT molecular complexity index is 1520. The fourth-order valence-corrected chi connectivity index (χ4v) is 10.1. The summed E-state index contributed by atoms with van der Waals surface area (Å²) >= 11 is 12.7. The first-order chi connectivity index (χ1) is 19.8. The molecule has 8 rings (SSSR count). The standard InChI is InChI=1S/C33H36Cl2FN3O3/c1-18(40)30-9-12-31(13-10-30,14-11-30)39-27(41)26-24(20-5-4-6-22(35)25(20)36)33(32(38-26)16-29(2,3)17-32)21-8-7-19(34)15-23(21)37-28(33)42/h4-8,15,24,26,38H,9-14,16-17H2,1-3H3,(H,37,42)(H,39,41)/t24-,26+,30?,31?,33+/m0/s1. The number of Topliss-reactive ketones (excluding diaryl/α,β-unsaturated/α-hetero) is 1. The van der Waals surface area contributed by atoms with Crippen LogP contribution in [-0.2, 0) is 19.8 Å². The summed E-state index contributed by atoms with van der Waals surface area (Å²) in [6, 6.07) is 9.25. The van der Waals surface area contributed by atoms with Gasteiger partial charge >= 0.3 is 0 Å². The molecule has 2 spiro atoms. The second-order valence-electron chi connectivity index (χ2n) is 14.4. The lowest BCUT2D eigenvalue weighted by atomic mass is 9.46. The molecule has 6 nitrogen and oxygen atoms in total. The van der Waals surface area contributed by atoms with Gasteiger partial charge in [-0.05, 0) is 93.0 Å². The predicted octanol–water partition coefficient (Wildman–Crippen LogP) is 6.44. The van der Waals surface area contributed by atoms with E-state index in [1.807, 2.05) is 6.07 Å². The van der Waals surface area contributed by atoms with E-state index < -0.39 is 34.3 Å². The van der Waals surface area contributed by atoms with Gasteiger partial charge in [-0.1, -0.05) is 55.2 Å². The van der Waals surface area contributed by atoms with Crippen LogP contribution in [0.1, 0.15) is 89.2 Å². The van der Waals surface area contributed by atoms with Gasteiger partial charge in [0.1, 0.15) is 17.0 Å². The highest BCUT2D eigenvalue weighted by molar-refractivity contribution is 6.31. The van der Waals surface area contributed by atoms with Crippen LogP contribution >= 0.6 is 23.2 Å². The molecule has 1 saturated heterocycles. The van der Waals surface area contributed by atoms with Crippen LogP contribution in [0.25, 0.3) is 0 Å². The number of ketones is 1. The number of carbonyl (C=O) groups excluding carboxylic acids is 3. The second-order valence-corrected chi connectivity index (χ2v) is 15.2. The second kappa shape index (κ2) is 9.02. The predicted molar refractivity (Wildman–Crippen MR) is 160 cm³/mol. The van der Waals surface area contributed by atoms with E-state index in [9.17, 15) is 14.4 Å². The number of halogens is 3. The maximum absolute atomic E-state index is 16.1. The Morgan fingerprint density at radius 3 is 2.29 bits per heavy atom. The molecule has 3 atom stereocenters. The van der Waals surface area contributed by atoms with Crippen molar-refractivity contribution in [3.05, 3.63) is 63.4 Å². The fourth-order valence-electron chi connectivity index (χ4n) is 9.73. The molecule has 0 unspecified atom stereocenters. The molecule has 0 radical (unpaired) electrons. The molecule has 2 aliphatic heterocycles. The van der Waals surface area contributed by atoms with Gasteiger partial charge in [-0.15, -0.1) is 0 Å². The number of amides is 2. The van der Waals surface area contributed by atoms with Gasteiger partial charge in [-0.25, -0.2) is 4.39 Å². The molecule has 3 N–H and O–H groups in total. The highest BCUT2D eigenvalue weighted by Crippen LogP contribution is 2.68. The Balaban J connectivity index is 1.36. The molecule has 6 aliphatic rings. The monoisotopic (exact) mass is 611 g/mol. The van der Waals surface area contributed by atoms with Crippen LogP contribution in [0.2, 0.25) is 10.0 Å². The molecule has 0 aromatic heterocycles. The zero-order chi connectivity index (χ0) is 29.9. The number of anilines is 1. The molecular weight excluding hydrogens is 576 g/mol. The van der Waals surface area contributed by atoms with Gasteiger partial charge < -0.3 is 10.6 Å². The number of hydrogen-bond donors (Lipinski definition) is 3. The Morgan fingerprint density at radius 2 is 1.67 bits per heavy atom. The third kappa shape index (κ3) is 3.69. The third-order valence-electron chi connectivity index (χ3n) is 11.5. The molecule has 9 heteroatoms. The van der Waals surface area contributed by atoms with Gasteiger partial charge in [0.2, 0.25) is 11.8 Å². The van der Waals surface area contributed by atoms with Crippen molar-refractivity contribution in [2.75, 3.05) is 5.32 Å². The van der Waals surface area contributed by atoms with Gasteiger partial charge in [0.25, 0.3) is 0 Å². The van der Waals surface area contributed by atoms with Crippen molar-refractivity contribution in [3.8, 4) is 0 Å². The van der Waals surface area contributed by atoms with Crippen LogP contribution in [0.5, 0.6) is 0 Å². The van der Waals surface area contributed by atoms with Crippen LogP contribution in [0.3, 0.4) is 0 Å². The van der Waals surface area contributed by atoms with E-state index in [4.69, 9.17) is 23.2 Å². The number of benzene rings is 2. The summed E-state index contributed by atoms with van der Waals surface area (Å²) in [5.74, 6) is -1.75. The Kier molecular flexibility index (Phi) is 6.08. The first-order valence-electron chi connectivity index (χ1n) is 14.9. The Morgan fingerprint density at radius 1 is 1.00 bits per heavy atom. The Labute approximate surface area is 255 Å². The lowest BCUT2D eigenvalue weighted by Crippen LogP contribution is -2.68. The average molecular weight is 613 g/mol. The van der Waals surface area contributed by atoms with Gasteiger partial charge in [0, 0.05) is 33.1 Å². The van der Waals surface area contributed by atoms with E-state index in [1.165, 1.54) is 6.07 Å². The molecule has 5 fully saturated rings. The van der Waals surface area contributed by atoms with E-state index in [2.05, 4.69) is 29.8 Å². The van der Waals surface area contributed by atoms with Crippen molar-refractivity contribution in [1.29, 1.82) is 0 Å². The molecule has 42 heavy (non-hydrogen) atoms. The van der Waals surface area contributed by atoms with Gasteiger partial charge in [0.15, 0.2) is 0 Å². The first-order valence-corrected chi connectivity index (χ1v) is 15.7. The van der Waals surface area contributed by atoms with Gasteiger partial charge in [0.05, 0.1) is 11.1 Å². The van der Waals surface area contributed by atoms with Gasteiger partial charge in [-0.2, -0.15) is 0 Å². The largest absolute Gasteiger partial charge is 0.349 e. The molecule has 222 valence electrons. The zero-order valence-corrected chi connectivity index (χ0v) is 25.6. The lowest BCUT2D eigenvalue weighted by molar-refractivity contribution is -0.136. The number of rotatable bonds is 4. The summed E-state index contributed by atoms with van der Waals surface area (Å²) in [6.45, 7) is 5.98. The first kappa shape index (κ1) is 28.3. The van der Waals surface area contributed by atoms with Crippen LogP contribution in [0.15, 0.2) is 36.4 Å². The van der Waals surface area contributed by atoms with Crippen LogP contribution in [-0.4, -0.2) is 34.7 Å². The quantitative estimate of drug-likeness (QED) is 0.371. The number of fused-ring (bicyclic) bond motifs is 6. The average Bonchev–Trinajstić information content (AvgIpc) is 3.38. The van der Waals surface area contributed by atoms with E-state index >= 15 is 4.39 Å². The van der Waals surface area contributed by atoms with E-state index in [0.717, 1.165) is 44.1 Å². The highest BCUT2D eigenvalue weighted by Gasteiger charge is 2.76. The molecule has 4 saturated carbocycles. The Hall–Kier alpha value is -2.48. The van der Waals surface area contributed by atoms with Crippen molar-refractivity contribution < 1.29 is 18.8 Å². The highest BCUT2D eigenvalue weighted by atomic mass is 35.5. The van der Waals surface area contributed by atoms with Gasteiger partial charge in [-0.3, -0.25) is 19.7 Å². The topological polar surface area (TPSA) is 87.3 Å². The summed E-state index contributed by atoms with van der Waals surface area (Å²) in [4.78, 5) is 41.4. The molecule has 4 aliphatic carbocycles. The van der Waals surface area contributed by atoms with Crippen molar-refractivity contribution in [1.82, 2.24) is 10.6 Å². The molecular formula is C33H36Cl2FN3O3. The molecule has 2 aromatic carbocycles. The normalized spacial score (nSPS) is 35.1. The van der Waals surface area contributed by atoms with Crippen LogP contribution in [0, 0.1) is 16.6 Å². The maximum Gasteiger partial charge on any atom is 0.238 e. The maximum atomic E-state index is 16.1. The summed E-state index contributed by atoms with van der Waals surface area (Å²) < 4.78 is 16.1. The van der Waals surface area contributed by atoms with Crippen molar-refractivity contribution in [3.63, 3.8) is 0 Å². The molecule has 2 amide bonds. The summed E-state index contributed by atoms with van der Waals surface area (Å²) in [6.07, 6.45) is 5.71. The fraction of sp³-hybridized carbons (Fsp3) is 0.545. The number of nitrogens with one attached hydrogen (secondary N) is 3. The summed E-state index contributed by atoms with van der Waals surface area (Å²) in [7, 11) is 0. The van der Waals surface area contributed by atoms with Crippen molar-refractivity contribution in [2.45, 2.75) is 101 Å². The molecule has 2 heterocycles. The van der Waals surface area contributed by atoms with Crippen molar-refractivity contribution in [2.24, 2.45) is 10.8 Å². The van der Waals surface area contributed by atoms with Crippen LogP contribution in [0.4, 0.5) is 10.1 Å². The lowest BCUT2D eigenvalue weighted by Gasteiger charge is -2.58. The number of carbonyl (C=O) groups is 3. The zero-order valence-electron chi connectivity index (χ0n) is 24.1. The van der Waals surface area contributed by atoms with E-state index in [1.54, 1.807) is 31.2 Å². The summed E-state index contributed by atoms with van der Waals surface area (Å²) in [5.41, 5.74) is -1.28. The summed E-state index contributed by atoms with van der Waals surface area (Å²) in [5, 5.41) is 10.5. The van der Waals surface area contributed by atoms with E-state index in [0.29, 0.717) is 23.6 Å². The number of hydrogen-bond acceptors (Lipinski definition) is 4. The SMILES string of the molecule is CC(=O)C12CCC(NC(=O)[C@@H]3NC4(CC(C)(C)C4)[C@@]4(C(=O)Nc5cc(Cl)ccc54)[C@H]3c3cccc(Cl)c3F)(CC1)CC2. The van der Waals surface area contributed by atoms with E-state index in [-0.39, 0.29) is 39.0 Å². The smallest absolute Gasteiger partial charge is 0.238 e. The van der Waals surface area contributed by atoms with Crippen LogP contribution < -0.4 is 16.0 Å². The minimum atomic E-state index is -1.27. The minimum Gasteiger partial charge on any atom is -0.349 e. The molecule has 2 aromatic rings.